The number of rotatable bonds is 2. The molecular formula is C9H15Br. The maximum absolute atomic E-state index is 3.53. The highest BCUT2D eigenvalue weighted by Crippen LogP contribution is 2.29. The molecule has 1 heteroatoms. The van der Waals surface area contributed by atoms with Crippen molar-refractivity contribution in [2.45, 2.75) is 39.0 Å². The van der Waals surface area contributed by atoms with Crippen LogP contribution >= 0.6 is 15.9 Å². The first-order valence-electron chi connectivity index (χ1n) is 4.17. The molecule has 0 aromatic rings. The summed E-state index contributed by atoms with van der Waals surface area (Å²) in [4.78, 5) is 0. The lowest BCUT2D eigenvalue weighted by Gasteiger charge is -2.18. The van der Waals surface area contributed by atoms with E-state index in [4.69, 9.17) is 0 Å². The largest absolute Gasteiger partial charge is 0.0741 e. The molecule has 0 nitrogen and oxygen atoms in total. The summed E-state index contributed by atoms with van der Waals surface area (Å²) in [5.74, 6) is 0.978. The monoisotopic (exact) mass is 202 g/mol. The van der Waals surface area contributed by atoms with E-state index in [1.54, 1.807) is 0 Å². The highest BCUT2D eigenvalue weighted by Gasteiger charge is 2.11. The van der Waals surface area contributed by atoms with Crippen molar-refractivity contribution in [3.8, 4) is 0 Å². The molecule has 0 fully saturated rings. The van der Waals surface area contributed by atoms with E-state index in [0.717, 1.165) is 5.92 Å². The van der Waals surface area contributed by atoms with Crippen LogP contribution in [0.5, 0.6) is 0 Å². The first-order chi connectivity index (χ1) is 4.83. The Morgan fingerprint density at radius 3 is 3.00 bits per heavy atom. The fraction of sp³-hybridized carbons (Fsp3) is 0.778. The summed E-state index contributed by atoms with van der Waals surface area (Å²) in [6.07, 6.45) is 9.06. The Labute approximate surface area is 71.8 Å². The normalized spacial score (nSPS) is 26.2. The van der Waals surface area contributed by atoms with E-state index < -0.39 is 0 Å². The van der Waals surface area contributed by atoms with Crippen molar-refractivity contribution in [1.29, 1.82) is 0 Å². The Bertz CT molecular complexity index is 127. The zero-order valence-electron chi connectivity index (χ0n) is 6.57. The van der Waals surface area contributed by atoms with Gasteiger partial charge in [-0.1, -0.05) is 41.8 Å². The van der Waals surface area contributed by atoms with Crippen LogP contribution in [0, 0.1) is 5.92 Å². The lowest BCUT2D eigenvalue weighted by Crippen LogP contribution is -2.02. The van der Waals surface area contributed by atoms with Crippen LogP contribution in [-0.2, 0) is 0 Å². The zero-order valence-corrected chi connectivity index (χ0v) is 8.15. The molecule has 0 spiro atoms. The molecule has 0 aromatic heterocycles. The quantitative estimate of drug-likeness (QED) is 0.639. The SMILES string of the molecule is CCC[C@@H]1CC=C(Br)CC1. The van der Waals surface area contributed by atoms with E-state index in [0.29, 0.717) is 0 Å². The lowest BCUT2D eigenvalue weighted by atomic mass is 9.91. The van der Waals surface area contributed by atoms with Crippen LogP contribution in [0.15, 0.2) is 10.6 Å². The summed E-state index contributed by atoms with van der Waals surface area (Å²) >= 11 is 3.53. The first kappa shape index (κ1) is 8.32. The highest BCUT2D eigenvalue weighted by molar-refractivity contribution is 9.11. The van der Waals surface area contributed by atoms with Crippen LogP contribution in [0.3, 0.4) is 0 Å². The first-order valence-corrected chi connectivity index (χ1v) is 4.96. The van der Waals surface area contributed by atoms with Crippen molar-refractivity contribution in [2.75, 3.05) is 0 Å². The lowest BCUT2D eigenvalue weighted by molar-refractivity contribution is 0.439. The average molecular weight is 203 g/mol. The predicted molar refractivity (Wildman–Crippen MR) is 49.3 cm³/mol. The third-order valence-electron chi connectivity index (χ3n) is 2.16. The molecule has 1 aliphatic carbocycles. The zero-order chi connectivity index (χ0) is 7.40. The number of halogens is 1. The smallest absolute Gasteiger partial charge is 0.00890 e. The van der Waals surface area contributed by atoms with Gasteiger partial charge in [-0.25, -0.2) is 0 Å². The van der Waals surface area contributed by atoms with E-state index in [1.807, 2.05) is 0 Å². The molecule has 0 saturated heterocycles. The molecule has 0 bridgehead atoms. The summed E-state index contributed by atoms with van der Waals surface area (Å²) in [7, 11) is 0. The minimum absolute atomic E-state index is 0.978. The molecule has 1 aliphatic rings. The third kappa shape index (κ3) is 2.45. The van der Waals surface area contributed by atoms with Gasteiger partial charge in [0, 0.05) is 0 Å². The number of hydrogen-bond acceptors (Lipinski definition) is 0. The summed E-state index contributed by atoms with van der Waals surface area (Å²) < 4.78 is 1.42. The second-order valence-electron chi connectivity index (χ2n) is 3.08. The minimum Gasteiger partial charge on any atom is -0.0741 e. The van der Waals surface area contributed by atoms with Gasteiger partial charge in [0.25, 0.3) is 0 Å². The van der Waals surface area contributed by atoms with Gasteiger partial charge in [0.15, 0.2) is 0 Å². The summed E-state index contributed by atoms with van der Waals surface area (Å²) in [6, 6.07) is 0. The number of hydrogen-bond donors (Lipinski definition) is 0. The predicted octanol–water partition coefficient (Wildman–Crippen LogP) is 3.87. The van der Waals surface area contributed by atoms with Crippen molar-refractivity contribution in [2.24, 2.45) is 5.92 Å². The molecule has 1 atom stereocenters. The Kier molecular flexibility index (Phi) is 3.47. The van der Waals surface area contributed by atoms with Crippen molar-refractivity contribution in [1.82, 2.24) is 0 Å². The molecular weight excluding hydrogens is 188 g/mol. The van der Waals surface area contributed by atoms with E-state index in [2.05, 4.69) is 28.9 Å². The minimum atomic E-state index is 0.978. The van der Waals surface area contributed by atoms with Crippen LogP contribution < -0.4 is 0 Å². The molecule has 58 valence electrons. The van der Waals surface area contributed by atoms with Crippen molar-refractivity contribution >= 4 is 15.9 Å². The maximum atomic E-state index is 3.53. The second-order valence-corrected chi connectivity index (χ2v) is 4.10. The third-order valence-corrected chi connectivity index (χ3v) is 2.88. The van der Waals surface area contributed by atoms with E-state index in [9.17, 15) is 0 Å². The standard InChI is InChI=1S/C9H15Br/c1-2-3-8-4-6-9(10)7-5-8/h6,8H,2-5,7H2,1H3/t8-/m1/s1. The van der Waals surface area contributed by atoms with E-state index >= 15 is 0 Å². The summed E-state index contributed by atoms with van der Waals surface area (Å²) in [5.41, 5.74) is 0. The topological polar surface area (TPSA) is 0 Å². The van der Waals surface area contributed by atoms with Gasteiger partial charge in [0.1, 0.15) is 0 Å². The van der Waals surface area contributed by atoms with Gasteiger partial charge in [-0.3, -0.25) is 0 Å². The molecule has 0 unspecified atom stereocenters. The summed E-state index contributed by atoms with van der Waals surface area (Å²) in [6.45, 7) is 2.27. The van der Waals surface area contributed by atoms with Gasteiger partial charge in [-0.15, -0.1) is 0 Å². The second kappa shape index (κ2) is 4.17. The number of allylic oxidation sites excluding steroid dienone is 2. The Hall–Kier alpha value is 0.220. The van der Waals surface area contributed by atoms with E-state index in [1.165, 1.54) is 36.6 Å². The molecule has 0 heterocycles. The molecule has 1 rings (SSSR count). The Morgan fingerprint density at radius 2 is 2.50 bits per heavy atom. The summed E-state index contributed by atoms with van der Waals surface area (Å²) in [5, 5.41) is 0. The highest BCUT2D eigenvalue weighted by atomic mass is 79.9. The van der Waals surface area contributed by atoms with Gasteiger partial charge in [-0.2, -0.15) is 0 Å². The van der Waals surface area contributed by atoms with Crippen molar-refractivity contribution in [3.63, 3.8) is 0 Å². The maximum Gasteiger partial charge on any atom is -0.00890 e. The van der Waals surface area contributed by atoms with Crippen LogP contribution in [0.25, 0.3) is 0 Å². The Morgan fingerprint density at radius 1 is 1.70 bits per heavy atom. The Balaban J connectivity index is 2.27. The van der Waals surface area contributed by atoms with Crippen LogP contribution in [-0.4, -0.2) is 0 Å². The average Bonchev–Trinajstić information content (AvgIpc) is 1.95. The van der Waals surface area contributed by atoms with Gasteiger partial charge < -0.3 is 0 Å². The fourth-order valence-electron chi connectivity index (χ4n) is 1.53. The van der Waals surface area contributed by atoms with Gasteiger partial charge >= 0.3 is 0 Å². The van der Waals surface area contributed by atoms with Gasteiger partial charge in [0.05, 0.1) is 0 Å². The van der Waals surface area contributed by atoms with Crippen LogP contribution in [0.1, 0.15) is 39.0 Å². The molecule has 0 aliphatic heterocycles. The molecule has 10 heavy (non-hydrogen) atoms. The van der Waals surface area contributed by atoms with Gasteiger partial charge in [0.2, 0.25) is 0 Å². The van der Waals surface area contributed by atoms with Crippen molar-refractivity contribution in [3.05, 3.63) is 10.6 Å². The van der Waals surface area contributed by atoms with Crippen molar-refractivity contribution < 1.29 is 0 Å². The molecule has 0 saturated carbocycles. The van der Waals surface area contributed by atoms with E-state index in [-0.39, 0.29) is 0 Å². The molecule has 0 aromatic carbocycles. The molecule has 0 amide bonds. The molecule has 0 N–H and O–H groups in total. The van der Waals surface area contributed by atoms with Gasteiger partial charge in [-0.05, 0) is 29.7 Å². The molecule has 0 radical (unpaired) electrons. The van der Waals surface area contributed by atoms with Crippen LogP contribution in [0.2, 0.25) is 0 Å². The van der Waals surface area contributed by atoms with Crippen LogP contribution in [0.4, 0.5) is 0 Å². The fourth-order valence-corrected chi connectivity index (χ4v) is 1.94.